The van der Waals surface area contributed by atoms with E-state index in [0.717, 1.165) is 10.7 Å². The van der Waals surface area contributed by atoms with Crippen LogP contribution in [0.2, 0.25) is 0 Å². The van der Waals surface area contributed by atoms with Gasteiger partial charge in [-0.05, 0) is 11.1 Å². The molecule has 0 bridgehead atoms. The third-order valence-electron chi connectivity index (χ3n) is 1.16. The molecule has 1 heterocycles. The van der Waals surface area contributed by atoms with Crippen molar-refractivity contribution < 1.29 is 0 Å². The van der Waals surface area contributed by atoms with Crippen molar-refractivity contribution in [3.05, 3.63) is 29.6 Å². The maximum atomic E-state index is 4.07. The van der Waals surface area contributed by atoms with E-state index in [1.54, 1.807) is 0 Å². The number of aromatic nitrogens is 1. The Bertz CT molecular complexity index is 193. The van der Waals surface area contributed by atoms with Gasteiger partial charge in [-0.3, -0.25) is 4.98 Å². The minimum atomic E-state index is 0.876. The van der Waals surface area contributed by atoms with E-state index in [9.17, 15) is 0 Å². The zero-order valence-corrected chi connectivity index (χ0v) is 8.52. The predicted octanol–water partition coefficient (Wildman–Crippen LogP) is 2.87. The molecule has 0 aliphatic heterocycles. The fourth-order valence-electron chi connectivity index (χ4n) is 0.688. The van der Waals surface area contributed by atoms with Crippen LogP contribution in [0.5, 0.6) is 0 Å². The molecule has 10 heavy (non-hydrogen) atoms. The lowest BCUT2D eigenvalue weighted by Crippen LogP contribution is -1.84. The van der Waals surface area contributed by atoms with Crippen LogP contribution < -0.4 is 0 Å². The Morgan fingerprint density at radius 1 is 1.10 bits per heavy atom. The molecule has 0 saturated carbocycles. The summed E-state index contributed by atoms with van der Waals surface area (Å²) in [5.74, 6) is 0. The fraction of sp³-hybridized carbons (Fsp3) is 0.286. The maximum absolute atomic E-state index is 4.07. The van der Waals surface area contributed by atoms with Gasteiger partial charge in [0, 0.05) is 23.1 Å². The first-order chi connectivity index (χ1) is 4.86. The van der Waals surface area contributed by atoms with E-state index in [0.29, 0.717) is 0 Å². The highest BCUT2D eigenvalue weighted by molar-refractivity contribution is 9.08. The van der Waals surface area contributed by atoms with Crippen LogP contribution in [-0.4, -0.2) is 4.98 Å². The number of hydrogen-bond acceptors (Lipinski definition) is 1. The van der Waals surface area contributed by atoms with Gasteiger partial charge in [-0.15, -0.1) is 0 Å². The van der Waals surface area contributed by atoms with Crippen molar-refractivity contribution in [1.29, 1.82) is 0 Å². The quantitative estimate of drug-likeness (QED) is 0.749. The van der Waals surface area contributed by atoms with Crippen molar-refractivity contribution in [3.63, 3.8) is 0 Å². The molecular weight excluding hydrogens is 258 g/mol. The number of halogens is 2. The second kappa shape index (κ2) is 4.09. The van der Waals surface area contributed by atoms with Crippen LogP contribution >= 0.6 is 31.9 Å². The summed E-state index contributed by atoms with van der Waals surface area (Å²) in [5, 5.41) is 1.75. The van der Waals surface area contributed by atoms with Gasteiger partial charge in [0.15, 0.2) is 0 Å². The number of alkyl halides is 2. The van der Waals surface area contributed by atoms with Gasteiger partial charge < -0.3 is 0 Å². The molecule has 0 aliphatic carbocycles. The van der Waals surface area contributed by atoms with Gasteiger partial charge >= 0.3 is 0 Å². The van der Waals surface area contributed by atoms with Gasteiger partial charge in [-0.1, -0.05) is 37.9 Å². The molecule has 0 unspecified atom stereocenters. The van der Waals surface area contributed by atoms with Crippen molar-refractivity contribution in [3.8, 4) is 0 Å². The molecule has 1 aromatic rings. The van der Waals surface area contributed by atoms with Gasteiger partial charge in [0.1, 0.15) is 0 Å². The van der Waals surface area contributed by atoms with Crippen molar-refractivity contribution in [2.75, 3.05) is 0 Å². The van der Waals surface area contributed by atoms with E-state index in [1.165, 1.54) is 11.1 Å². The molecule has 1 nitrogen and oxygen atoms in total. The Morgan fingerprint density at radius 2 is 1.60 bits per heavy atom. The highest BCUT2D eigenvalue weighted by Crippen LogP contribution is 2.08. The monoisotopic (exact) mass is 263 g/mol. The molecule has 0 fully saturated rings. The summed E-state index contributed by atoms with van der Waals surface area (Å²) in [6.45, 7) is 0. The zero-order chi connectivity index (χ0) is 7.40. The second-order valence-electron chi connectivity index (χ2n) is 1.97. The first kappa shape index (κ1) is 8.21. The average Bonchev–Trinajstić information content (AvgIpc) is 2.05. The number of pyridine rings is 1. The highest BCUT2D eigenvalue weighted by atomic mass is 79.9. The number of nitrogens with zero attached hydrogens (tertiary/aromatic N) is 1. The third-order valence-corrected chi connectivity index (χ3v) is 2.46. The summed E-state index contributed by atoms with van der Waals surface area (Å²) in [6.07, 6.45) is 3.72. The first-order valence-electron chi connectivity index (χ1n) is 2.91. The lowest BCUT2D eigenvalue weighted by atomic mass is 10.2. The molecule has 0 aromatic carbocycles. The van der Waals surface area contributed by atoms with Crippen LogP contribution in [0.25, 0.3) is 0 Å². The molecule has 3 heteroatoms. The van der Waals surface area contributed by atoms with E-state index in [1.807, 2.05) is 12.4 Å². The molecule has 1 aromatic heterocycles. The molecule has 0 saturated heterocycles. The third kappa shape index (κ3) is 2.06. The highest BCUT2D eigenvalue weighted by Gasteiger charge is 1.92. The van der Waals surface area contributed by atoms with E-state index >= 15 is 0 Å². The molecule has 0 N–H and O–H groups in total. The summed E-state index contributed by atoms with van der Waals surface area (Å²) >= 11 is 6.73. The predicted molar refractivity (Wildman–Crippen MR) is 49.5 cm³/mol. The van der Waals surface area contributed by atoms with Gasteiger partial charge in [0.2, 0.25) is 0 Å². The van der Waals surface area contributed by atoms with Crippen molar-refractivity contribution >= 4 is 31.9 Å². The standard InChI is InChI=1S/C7H7Br2N/c8-2-6-1-7(3-9)5-10-4-6/h1,4-5H,2-3H2. The lowest BCUT2D eigenvalue weighted by molar-refractivity contribution is 1.20. The maximum Gasteiger partial charge on any atom is 0.0308 e. The Kier molecular flexibility index (Phi) is 3.35. The largest absolute Gasteiger partial charge is 0.264 e. The van der Waals surface area contributed by atoms with Crippen LogP contribution in [0.3, 0.4) is 0 Å². The van der Waals surface area contributed by atoms with Gasteiger partial charge in [-0.25, -0.2) is 0 Å². The molecule has 0 aliphatic rings. The number of hydrogen-bond donors (Lipinski definition) is 0. The summed E-state index contributed by atoms with van der Waals surface area (Å²) in [5.41, 5.74) is 2.44. The van der Waals surface area contributed by atoms with Gasteiger partial charge in [-0.2, -0.15) is 0 Å². The van der Waals surface area contributed by atoms with Crippen LogP contribution in [0.4, 0.5) is 0 Å². The summed E-state index contributed by atoms with van der Waals surface area (Å²) in [6, 6.07) is 2.12. The molecule has 0 amide bonds. The van der Waals surface area contributed by atoms with E-state index in [2.05, 4.69) is 42.9 Å². The van der Waals surface area contributed by atoms with Crippen LogP contribution in [0, 0.1) is 0 Å². The minimum absolute atomic E-state index is 0.876. The first-order valence-corrected chi connectivity index (χ1v) is 5.16. The Balaban J connectivity index is 2.87. The molecular formula is C7H7Br2N. The van der Waals surface area contributed by atoms with E-state index < -0.39 is 0 Å². The SMILES string of the molecule is BrCc1cncc(CBr)c1. The van der Waals surface area contributed by atoms with Crippen molar-refractivity contribution in [2.24, 2.45) is 0 Å². The Labute approximate surface area is 77.1 Å². The molecule has 0 atom stereocenters. The minimum Gasteiger partial charge on any atom is -0.264 e. The van der Waals surface area contributed by atoms with Gasteiger partial charge in [0.05, 0.1) is 0 Å². The van der Waals surface area contributed by atoms with Crippen LogP contribution in [0.1, 0.15) is 11.1 Å². The Morgan fingerprint density at radius 3 is 2.00 bits per heavy atom. The summed E-state index contributed by atoms with van der Waals surface area (Å²) in [4.78, 5) is 4.07. The molecule has 54 valence electrons. The zero-order valence-electron chi connectivity index (χ0n) is 5.35. The van der Waals surface area contributed by atoms with Crippen molar-refractivity contribution in [1.82, 2.24) is 4.98 Å². The fourth-order valence-corrected chi connectivity index (χ4v) is 1.30. The van der Waals surface area contributed by atoms with E-state index in [4.69, 9.17) is 0 Å². The van der Waals surface area contributed by atoms with Gasteiger partial charge in [0.25, 0.3) is 0 Å². The second-order valence-corrected chi connectivity index (χ2v) is 3.09. The smallest absolute Gasteiger partial charge is 0.0308 e. The molecule has 0 spiro atoms. The molecule has 0 radical (unpaired) electrons. The van der Waals surface area contributed by atoms with E-state index in [-0.39, 0.29) is 0 Å². The number of rotatable bonds is 2. The van der Waals surface area contributed by atoms with Crippen LogP contribution in [0.15, 0.2) is 18.5 Å². The average molecular weight is 265 g/mol. The van der Waals surface area contributed by atoms with Crippen molar-refractivity contribution in [2.45, 2.75) is 10.7 Å². The van der Waals surface area contributed by atoms with Crippen LogP contribution in [-0.2, 0) is 10.7 Å². The molecule has 1 rings (SSSR count). The lowest BCUT2D eigenvalue weighted by Gasteiger charge is -1.96. The Hall–Kier alpha value is 0.110. The normalized spacial score (nSPS) is 9.80. The summed E-state index contributed by atoms with van der Waals surface area (Å²) in [7, 11) is 0. The topological polar surface area (TPSA) is 12.9 Å². The summed E-state index contributed by atoms with van der Waals surface area (Å²) < 4.78 is 0.